The Hall–Kier alpha value is -1.77. The van der Waals surface area contributed by atoms with Crippen LogP contribution in [0.5, 0.6) is 0 Å². The molecule has 16 heavy (non-hydrogen) atoms. The first-order chi connectivity index (χ1) is 7.49. The molecule has 0 amide bonds. The first-order valence-corrected chi connectivity index (χ1v) is 5.39. The van der Waals surface area contributed by atoms with E-state index in [0.29, 0.717) is 5.82 Å². The number of imidazole rings is 1. The Kier molecular flexibility index (Phi) is 2.46. The van der Waals surface area contributed by atoms with Crippen LogP contribution in [-0.4, -0.2) is 9.97 Å². The number of nitrogens with zero attached hydrogens (tertiary/aromatic N) is 1. The Morgan fingerprint density at radius 3 is 2.06 bits per heavy atom. The van der Waals surface area contributed by atoms with Crippen molar-refractivity contribution < 1.29 is 0 Å². The molecule has 0 saturated heterocycles. The standard InChI is InChI=1S/C13H17N3/c1-7-5-8(2)11(9(3)6-7)12-13(14)16-10(4)15-12/h5-6H,14H2,1-4H3,(H,15,16). The zero-order valence-corrected chi connectivity index (χ0v) is 10.2. The Bertz CT molecular complexity index is 515. The Balaban J connectivity index is 2.69. The topological polar surface area (TPSA) is 54.7 Å². The lowest BCUT2D eigenvalue weighted by Crippen LogP contribution is -1.94. The van der Waals surface area contributed by atoms with Crippen LogP contribution in [0.4, 0.5) is 5.82 Å². The minimum absolute atomic E-state index is 0.576. The summed E-state index contributed by atoms with van der Waals surface area (Å²) in [6.07, 6.45) is 0. The number of benzene rings is 1. The van der Waals surface area contributed by atoms with Crippen LogP contribution in [0.2, 0.25) is 0 Å². The summed E-state index contributed by atoms with van der Waals surface area (Å²) in [5, 5.41) is 0. The Labute approximate surface area is 95.7 Å². The van der Waals surface area contributed by atoms with Gasteiger partial charge >= 0.3 is 0 Å². The van der Waals surface area contributed by atoms with Gasteiger partial charge in [-0.1, -0.05) is 17.7 Å². The smallest absolute Gasteiger partial charge is 0.149 e. The molecule has 0 aliphatic rings. The number of rotatable bonds is 1. The largest absolute Gasteiger partial charge is 0.382 e. The maximum atomic E-state index is 5.91. The van der Waals surface area contributed by atoms with Gasteiger partial charge in [-0.15, -0.1) is 0 Å². The molecule has 2 aromatic rings. The van der Waals surface area contributed by atoms with Gasteiger partial charge in [-0.25, -0.2) is 4.98 Å². The Morgan fingerprint density at radius 2 is 1.62 bits per heavy atom. The van der Waals surface area contributed by atoms with Crippen molar-refractivity contribution >= 4 is 5.82 Å². The normalized spacial score (nSPS) is 10.8. The monoisotopic (exact) mass is 215 g/mol. The highest BCUT2D eigenvalue weighted by atomic mass is 15.0. The van der Waals surface area contributed by atoms with E-state index < -0.39 is 0 Å². The highest BCUT2D eigenvalue weighted by molar-refractivity contribution is 5.76. The van der Waals surface area contributed by atoms with E-state index in [0.717, 1.165) is 11.5 Å². The third-order valence-electron chi connectivity index (χ3n) is 2.78. The number of H-pyrrole nitrogens is 1. The van der Waals surface area contributed by atoms with Crippen molar-refractivity contribution in [3.05, 3.63) is 34.6 Å². The minimum atomic E-state index is 0.576. The van der Waals surface area contributed by atoms with Crippen LogP contribution in [0.15, 0.2) is 12.1 Å². The van der Waals surface area contributed by atoms with Crippen molar-refractivity contribution in [1.82, 2.24) is 9.97 Å². The molecule has 0 atom stereocenters. The molecule has 0 bridgehead atoms. The van der Waals surface area contributed by atoms with Crippen LogP contribution < -0.4 is 5.73 Å². The summed E-state index contributed by atoms with van der Waals surface area (Å²) in [4.78, 5) is 7.44. The second kappa shape index (κ2) is 3.67. The molecular formula is C13H17N3. The van der Waals surface area contributed by atoms with Crippen LogP contribution in [-0.2, 0) is 0 Å². The molecule has 2 rings (SSSR count). The summed E-state index contributed by atoms with van der Waals surface area (Å²) in [5.41, 5.74) is 11.7. The van der Waals surface area contributed by atoms with Gasteiger partial charge < -0.3 is 10.7 Å². The van der Waals surface area contributed by atoms with Gasteiger partial charge in [0.2, 0.25) is 0 Å². The van der Waals surface area contributed by atoms with Crippen molar-refractivity contribution in [1.29, 1.82) is 0 Å². The molecule has 0 radical (unpaired) electrons. The molecule has 84 valence electrons. The number of hydrogen-bond donors (Lipinski definition) is 2. The lowest BCUT2D eigenvalue weighted by molar-refractivity contribution is 1.15. The fourth-order valence-electron chi connectivity index (χ4n) is 2.27. The lowest BCUT2D eigenvalue weighted by atomic mass is 9.97. The lowest BCUT2D eigenvalue weighted by Gasteiger charge is -2.10. The summed E-state index contributed by atoms with van der Waals surface area (Å²) >= 11 is 0. The molecule has 0 aliphatic carbocycles. The average Bonchev–Trinajstić information content (AvgIpc) is 2.43. The van der Waals surface area contributed by atoms with Gasteiger partial charge in [-0.05, 0) is 38.8 Å². The molecule has 0 spiro atoms. The maximum absolute atomic E-state index is 5.91. The van der Waals surface area contributed by atoms with Gasteiger partial charge in [-0.3, -0.25) is 0 Å². The highest BCUT2D eigenvalue weighted by Crippen LogP contribution is 2.30. The van der Waals surface area contributed by atoms with E-state index >= 15 is 0 Å². The van der Waals surface area contributed by atoms with Gasteiger partial charge in [-0.2, -0.15) is 0 Å². The van der Waals surface area contributed by atoms with Gasteiger partial charge in [0.25, 0.3) is 0 Å². The van der Waals surface area contributed by atoms with Gasteiger partial charge in [0.1, 0.15) is 11.6 Å². The van der Waals surface area contributed by atoms with E-state index in [4.69, 9.17) is 5.73 Å². The first kappa shape index (κ1) is 10.7. The van der Waals surface area contributed by atoms with Crippen LogP contribution in [0.3, 0.4) is 0 Å². The van der Waals surface area contributed by atoms with Gasteiger partial charge in [0.05, 0.1) is 5.69 Å². The predicted molar refractivity (Wildman–Crippen MR) is 67.4 cm³/mol. The molecule has 1 aromatic heterocycles. The molecule has 1 aromatic carbocycles. The first-order valence-electron chi connectivity index (χ1n) is 5.39. The number of nitrogens with two attached hydrogens (primary N) is 1. The number of aryl methyl sites for hydroxylation is 4. The van der Waals surface area contributed by atoms with Crippen LogP contribution in [0, 0.1) is 27.7 Å². The third kappa shape index (κ3) is 1.69. The van der Waals surface area contributed by atoms with Crippen molar-refractivity contribution in [3.8, 4) is 11.3 Å². The van der Waals surface area contributed by atoms with E-state index in [-0.39, 0.29) is 0 Å². The molecule has 3 N–H and O–H groups in total. The zero-order valence-electron chi connectivity index (χ0n) is 10.2. The quantitative estimate of drug-likeness (QED) is 0.768. The van der Waals surface area contributed by atoms with E-state index in [1.807, 2.05) is 6.92 Å². The van der Waals surface area contributed by atoms with Crippen LogP contribution in [0.25, 0.3) is 11.3 Å². The second-order valence-electron chi connectivity index (χ2n) is 4.36. The number of nitrogen functional groups attached to an aromatic ring is 1. The zero-order chi connectivity index (χ0) is 11.9. The van der Waals surface area contributed by atoms with E-state index in [2.05, 4.69) is 42.9 Å². The fraction of sp³-hybridized carbons (Fsp3) is 0.308. The molecule has 0 aliphatic heterocycles. The van der Waals surface area contributed by atoms with Crippen molar-refractivity contribution in [2.45, 2.75) is 27.7 Å². The predicted octanol–water partition coefficient (Wildman–Crippen LogP) is 2.89. The highest BCUT2D eigenvalue weighted by Gasteiger charge is 2.12. The van der Waals surface area contributed by atoms with E-state index in [9.17, 15) is 0 Å². The van der Waals surface area contributed by atoms with Crippen molar-refractivity contribution in [2.75, 3.05) is 5.73 Å². The van der Waals surface area contributed by atoms with Crippen molar-refractivity contribution in [3.63, 3.8) is 0 Å². The third-order valence-corrected chi connectivity index (χ3v) is 2.78. The molecule has 0 saturated carbocycles. The summed E-state index contributed by atoms with van der Waals surface area (Å²) in [7, 11) is 0. The second-order valence-corrected chi connectivity index (χ2v) is 4.36. The van der Waals surface area contributed by atoms with Gasteiger partial charge in [0.15, 0.2) is 0 Å². The van der Waals surface area contributed by atoms with E-state index in [1.165, 1.54) is 22.3 Å². The van der Waals surface area contributed by atoms with Crippen molar-refractivity contribution in [2.24, 2.45) is 0 Å². The number of hydrogen-bond acceptors (Lipinski definition) is 2. The number of anilines is 1. The maximum Gasteiger partial charge on any atom is 0.149 e. The summed E-state index contributed by atoms with van der Waals surface area (Å²) in [6.45, 7) is 8.22. The minimum Gasteiger partial charge on any atom is -0.382 e. The fourth-order valence-corrected chi connectivity index (χ4v) is 2.27. The average molecular weight is 215 g/mol. The SMILES string of the molecule is Cc1cc(C)c(-c2[nH]c(C)nc2N)c(C)c1. The number of aromatic amines is 1. The summed E-state index contributed by atoms with van der Waals surface area (Å²) < 4.78 is 0. The Morgan fingerprint density at radius 1 is 1.06 bits per heavy atom. The molecule has 0 fully saturated rings. The van der Waals surface area contributed by atoms with Gasteiger partial charge in [0, 0.05) is 5.56 Å². The number of nitrogens with one attached hydrogen (secondary N) is 1. The molecule has 1 heterocycles. The molecule has 3 heteroatoms. The van der Waals surface area contributed by atoms with E-state index in [1.54, 1.807) is 0 Å². The summed E-state index contributed by atoms with van der Waals surface area (Å²) in [5.74, 6) is 1.43. The molecule has 0 unspecified atom stereocenters. The number of aromatic nitrogens is 2. The molecular weight excluding hydrogens is 198 g/mol. The van der Waals surface area contributed by atoms with Crippen LogP contribution >= 0.6 is 0 Å². The van der Waals surface area contributed by atoms with Crippen LogP contribution in [0.1, 0.15) is 22.5 Å². The summed E-state index contributed by atoms with van der Waals surface area (Å²) in [6, 6.07) is 4.33. The molecule has 3 nitrogen and oxygen atoms in total.